The molecule has 2 nitrogen and oxygen atoms in total. The number of hydrogen-bond donors (Lipinski definition) is 0. The van der Waals surface area contributed by atoms with E-state index >= 15 is 0 Å². The van der Waals surface area contributed by atoms with Crippen molar-refractivity contribution in [3.63, 3.8) is 0 Å². The maximum Gasteiger partial charge on any atom is 0.111 e. The van der Waals surface area contributed by atoms with Gasteiger partial charge in [0.15, 0.2) is 0 Å². The molecule has 3 heteroatoms. The molecule has 90 valence electrons. The SMILES string of the molecule is CCCn1ccnc1C1CCCCC(Br)C1. The largest absolute Gasteiger partial charge is 0.335 e. The van der Waals surface area contributed by atoms with Crippen LogP contribution in [-0.2, 0) is 6.54 Å². The van der Waals surface area contributed by atoms with Crippen LogP contribution in [0.15, 0.2) is 12.4 Å². The molecule has 0 saturated heterocycles. The zero-order valence-electron chi connectivity index (χ0n) is 10.0. The Morgan fingerprint density at radius 1 is 1.44 bits per heavy atom. The molecule has 0 N–H and O–H groups in total. The molecule has 2 unspecified atom stereocenters. The van der Waals surface area contributed by atoms with Crippen LogP contribution >= 0.6 is 15.9 Å². The second kappa shape index (κ2) is 5.85. The summed E-state index contributed by atoms with van der Waals surface area (Å²) < 4.78 is 2.34. The molecule has 1 fully saturated rings. The molecule has 0 bridgehead atoms. The van der Waals surface area contributed by atoms with Crippen LogP contribution in [0.3, 0.4) is 0 Å². The zero-order chi connectivity index (χ0) is 11.4. The highest BCUT2D eigenvalue weighted by molar-refractivity contribution is 9.09. The first-order valence-corrected chi connectivity index (χ1v) is 7.38. The van der Waals surface area contributed by atoms with Crippen LogP contribution in [0, 0.1) is 0 Å². The van der Waals surface area contributed by atoms with E-state index in [1.165, 1.54) is 44.3 Å². The van der Waals surface area contributed by atoms with Gasteiger partial charge in [-0.15, -0.1) is 0 Å². The third-order valence-corrected chi connectivity index (χ3v) is 4.27. The van der Waals surface area contributed by atoms with Crippen molar-refractivity contribution in [2.24, 2.45) is 0 Å². The number of aryl methyl sites for hydroxylation is 1. The smallest absolute Gasteiger partial charge is 0.111 e. The number of imidazole rings is 1. The van der Waals surface area contributed by atoms with Crippen molar-refractivity contribution < 1.29 is 0 Å². The summed E-state index contributed by atoms with van der Waals surface area (Å²) in [6.07, 6.45) is 11.9. The van der Waals surface area contributed by atoms with Crippen molar-refractivity contribution >= 4 is 15.9 Å². The van der Waals surface area contributed by atoms with Crippen LogP contribution in [-0.4, -0.2) is 14.4 Å². The second-order valence-electron chi connectivity index (χ2n) is 4.79. The first-order valence-electron chi connectivity index (χ1n) is 6.46. The zero-order valence-corrected chi connectivity index (χ0v) is 11.6. The Hall–Kier alpha value is -0.310. The first kappa shape index (κ1) is 12.2. The average Bonchev–Trinajstić information content (AvgIpc) is 2.61. The predicted octanol–water partition coefficient (Wildman–Crippen LogP) is 4.10. The molecule has 1 saturated carbocycles. The van der Waals surface area contributed by atoms with E-state index in [9.17, 15) is 0 Å². The molecule has 0 aromatic carbocycles. The summed E-state index contributed by atoms with van der Waals surface area (Å²) in [6.45, 7) is 3.34. The number of hydrogen-bond acceptors (Lipinski definition) is 1. The Labute approximate surface area is 107 Å². The molecule has 1 aliphatic rings. The Bertz CT molecular complexity index is 321. The van der Waals surface area contributed by atoms with E-state index in [-0.39, 0.29) is 0 Å². The molecule has 0 spiro atoms. The average molecular weight is 285 g/mol. The van der Waals surface area contributed by atoms with Crippen LogP contribution in [0.2, 0.25) is 0 Å². The summed E-state index contributed by atoms with van der Waals surface area (Å²) in [5.41, 5.74) is 0. The lowest BCUT2D eigenvalue weighted by Gasteiger charge is -2.17. The molecule has 0 aliphatic heterocycles. The molecule has 1 heterocycles. The fourth-order valence-corrected chi connectivity index (χ4v) is 3.42. The third-order valence-electron chi connectivity index (χ3n) is 3.44. The van der Waals surface area contributed by atoms with Crippen LogP contribution in [0.5, 0.6) is 0 Å². The number of halogens is 1. The summed E-state index contributed by atoms with van der Waals surface area (Å²) in [4.78, 5) is 5.26. The Balaban J connectivity index is 2.11. The highest BCUT2D eigenvalue weighted by Crippen LogP contribution is 2.33. The van der Waals surface area contributed by atoms with E-state index in [4.69, 9.17) is 0 Å². The Morgan fingerprint density at radius 3 is 3.06 bits per heavy atom. The highest BCUT2D eigenvalue weighted by Gasteiger charge is 2.22. The predicted molar refractivity (Wildman–Crippen MR) is 71.1 cm³/mol. The van der Waals surface area contributed by atoms with Crippen molar-refractivity contribution in [1.82, 2.24) is 9.55 Å². The van der Waals surface area contributed by atoms with Crippen LogP contribution < -0.4 is 0 Å². The lowest BCUT2D eigenvalue weighted by Crippen LogP contribution is -2.11. The molecule has 1 aromatic rings. The summed E-state index contributed by atoms with van der Waals surface area (Å²) in [5, 5.41) is 0. The summed E-state index contributed by atoms with van der Waals surface area (Å²) >= 11 is 3.79. The molecule has 2 rings (SSSR count). The van der Waals surface area contributed by atoms with E-state index in [0.717, 1.165) is 6.54 Å². The van der Waals surface area contributed by atoms with Gasteiger partial charge in [0.2, 0.25) is 0 Å². The van der Waals surface area contributed by atoms with Crippen molar-refractivity contribution in [1.29, 1.82) is 0 Å². The topological polar surface area (TPSA) is 17.8 Å². The van der Waals surface area contributed by atoms with Gasteiger partial charge in [0.1, 0.15) is 5.82 Å². The van der Waals surface area contributed by atoms with E-state index in [0.29, 0.717) is 10.7 Å². The van der Waals surface area contributed by atoms with Gasteiger partial charge in [-0.25, -0.2) is 4.98 Å². The van der Waals surface area contributed by atoms with Gasteiger partial charge < -0.3 is 4.57 Å². The van der Waals surface area contributed by atoms with E-state index < -0.39 is 0 Å². The summed E-state index contributed by atoms with van der Waals surface area (Å²) in [7, 11) is 0. The summed E-state index contributed by atoms with van der Waals surface area (Å²) in [6, 6.07) is 0. The normalized spacial score (nSPS) is 26.6. The molecule has 1 aromatic heterocycles. The molecule has 1 aliphatic carbocycles. The van der Waals surface area contributed by atoms with Crippen molar-refractivity contribution in [3.05, 3.63) is 18.2 Å². The standard InChI is InChI=1S/C13H21BrN2/c1-2-8-16-9-7-15-13(16)11-5-3-4-6-12(14)10-11/h7,9,11-12H,2-6,8,10H2,1H3. The Kier molecular flexibility index (Phi) is 4.45. The molecule has 0 radical (unpaired) electrons. The maximum absolute atomic E-state index is 4.58. The van der Waals surface area contributed by atoms with Crippen LogP contribution in [0.25, 0.3) is 0 Å². The van der Waals surface area contributed by atoms with Crippen molar-refractivity contribution in [3.8, 4) is 0 Å². The van der Waals surface area contributed by atoms with E-state index in [2.05, 4.69) is 38.6 Å². The fourth-order valence-electron chi connectivity index (χ4n) is 2.65. The summed E-state index contributed by atoms with van der Waals surface area (Å²) in [5.74, 6) is 1.97. The molecular weight excluding hydrogens is 264 g/mol. The molecule has 2 atom stereocenters. The maximum atomic E-state index is 4.58. The van der Waals surface area contributed by atoms with Crippen molar-refractivity contribution in [2.45, 2.75) is 62.7 Å². The van der Waals surface area contributed by atoms with Crippen LogP contribution in [0.1, 0.15) is 57.2 Å². The number of rotatable bonds is 3. The minimum atomic E-state index is 0.661. The van der Waals surface area contributed by atoms with Gasteiger partial charge in [-0.05, 0) is 25.7 Å². The number of alkyl halides is 1. The van der Waals surface area contributed by atoms with Gasteiger partial charge in [-0.3, -0.25) is 0 Å². The highest BCUT2D eigenvalue weighted by atomic mass is 79.9. The lowest BCUT2D eigenvalue weighted by molar-refractivity contribution is 0.521. The van der Waals surface area contributed by atoms with Crippen LogP contribution in [0.4, 0.5) is 0 Å². The minimum Gasteiger partial charge on any atom is -0.335 e. The van der Waals surface area contributed by atoms with Gasteiger partial charge in [0.05, 0.1) is 0 Å². The molecule has 0 amide bonds. The van der Waals surface area contributed by atoms with Gasteiger partial charge in [0, 0.05) is 29.7 Å². The number of nitrogens with zero attached hydrogens (tertiary/aromatic N) is 2. The monoisotopic (exact) mass is 284 g/mol. The quantitative estimate of drug-likeness (QED) is 0.604. The van der Waals surface area contributed by atoms with Gasteiger partial charge in [-0.2, -0.15) is 0 Å². The second-order valence-corrected chi connectivity index (χ2v) is 6.09. The Morgan fingerprint density at radius 2 is 2.25 bits per heavy atom. The first-order chi connectivity index (χ1) is 7.81. The third kappa shape index (κ3) is 2.88. The van der Waals surface area contributed by atoms with Crippen molar-refractivity contribution in [2.75, 3.05) is 0 Å². The van der Waals surface area contributed by atoms with E-state index in [1.807, 2.05) is 6.20 Å². The fraction of sp³-hybridized carbons (Fsp3) is 0.769. The number of aromatic nitrogens is 2. The lowest BCUT2D eigenvalue weighted by atomic mass is 9.99. The minimum absolute atomic E-state index is 0.661. The molecular formula is C13H21BrN2. The van der Waals surface area contributed by atoms with Gasteiger partial charge in [0.25, 0.3) is 0 Å². The van der Waals surface area contributed by atoms with Gasteiger partial charge in [-0.1, -0.05) is 35.7 Å². The van der Waals surface area contributed by atoms with E-state index in [1.54, 1.807) is 0 Å². The molecule has 16 heavy (non-hydrogen) atoms. The van der Waals surface area contributed by atoms with Gasteiger partial charge >= 0.3 is 0 Å².